The van der Waals surface area contributed by atoms with Gasteiger partial charge in [-0.05, 0) is 61.4 Å². The van der Waals surface area contributed by atoms with Gasteiger partial charge in [-0.3, -0.25) is 14.4 Å². The summed E-state index contributed by atoms with van der Waals surface area (Å²) in [6.45, 7) is 4.14. The number of carbonyl (C=O) groups excluding carboxylic acids is 5. The first kappa shape index (κ1) is 30.0. The molecule has 0 fully saturated rings. The van der Waals surface area contributed by atoms with Crippen LogP contribution < -0.4 is 10.6 Å². The zero-order valence-electron chi connectivity index (χ0n) is 21.7. The van der Waals surface area contributed by atoms with E-state index in [0.717, 1.165) is 25.7 Å². The number of ether oxygens (including phenoxy) is 3. The summed E-state index contributed by atoms with van der Waals surface area (Å²) in [6.07, 6.45) is 3.21. The SMILES string of the molecule is CCCCCOC(=O)c1ccc(NC(=O)CCC(=O)OCC(=O)Nc2ccc(C(=O)OCCC)cc2)cc1. The number of hydrogen-bond donors (Lipinski definition) is 2. The summed E-state index contributed by atoms with van der Waals surface area (Å²) in [5.41, 5.74) is 1.63. The molecule has 0 aliphatic carbocycles. The molecule has 0 spiro atoms. The van der Waals surface area contributed by atoms with E-state index in [2.05, 4.69) is 17.6 Å². The second-order valence-electron chi connectivity index (χ2n) is 8.39. The standard InChI is InChI=1S/C28H34N2O8/c1-3-5-6-18-37-28(35)21-7-11-22(12-8-21)29-24(31)15-16-26(33)38-19-25(32)30-23-13-9-20(10-14-23)27(34)36-17-4-2/h7-14H,3-6,15-19H2,1-2H3,(H,29,31)(H,30,32). The molecule has 0 atom stereocenters. The van der Waals surface area contributed by atoms with Crippen LogP contribution in [-0.4, -0.2) is 49.5 Å². The molecule has 2 N–H and O–H groups in total. The summed E-state index contributed by atoms with van der Waals surface area (Å²) in [6, 6.07) is 12.4. The Morgan fingerprint density at radius 2 is 1.13 bits per heavy atom. The van der Waals surface area contributed by atoms with Crippen molar-refractivity contribution < 1.29 is 38.2 Å². The van der Waals surface area contributed by atoms with Crippen LogP contribution in [-0.2, 0) is 28.6 Å². The molecule has 2 amide bonds. The highest BCUT2D eigenvalue weighted by atomic mass is 16.5. The van der Waals surface area contributed by atoms with Crippen LogP contribution in [0, 0.1) is 0 Å². The second kappa shape index (κ2) is 16.5. The smallest absolute Gasteiger partial charge is 0.338 e. The largest absolute Gasteiger partial charge is 0.462 e. The molecule has 204 valence electrons. The lowest BCUT2D eigenvalue weighted by Gasteiger charge is -2.08. The number of amides is 2. The lowest BCUT2D eigenvalue weighted by molar-refractivity contribution is -0.147. The maximum absolute atomic E-state index is 12.1. The number of hydrogen-bond acceptors (Lipinski definition) is 8. The van der Waals surface area contributed by atoms with E-state index in [1.165, 1.54) is 24.3 Å². The van der Waals surface area contributed by atoms with E-state index in [1.807, 2.05) is 6.92 Å². The van der Waals surface area contributed by atoms with Gasteiger partial charge in [0.05, 0.1) is 30.8 Å². The number of unbranched alkanes of at least 4 members (excludes halogenated alkanes) is 2. The van der Waals surface area contributed by atoms with Crippen LogP contribution in [0.25, 0.3) is 0 Å². The zero-order chi connectivity index (χ0) is 27.8. The molecule has 0 saturated heterocycles. The van der Waals surface area contributed by atoms with Crippen LogP contribution in [0.1, 0.15) is 73.1 Å². The molecule has 2 aromatic rings. The van der Waals surface area contributed by atoms with Gasteiger partial charge in [0, 0.05) is 17.8 Å². The van der Waals surface area contributed by atoms with E-state index in [9.17, 15) is 24.0 Å². The van der Waals surface area contributed by atoms with Gasteiger partial charge in [0.1, 0.15) is 0 Å². The van der Waals surface area contributed by atoms with E-state index in [0.29, 0.717) is 35.7 Å². The van der Waals surface area contributed by atoms with Crippen LogP contribution in [0.2, 0.25) is 0 Å². The van der Waals surface area contributed by atoms with Crippen molar-refractivity contribution in [1.82, 2.24) is 0 Å². The minimum Gasteiger partial charge on any atom is -0.462 e. The summed E-state index contributed by atoms with van der Waals surface area (Å²) >= 11 is 0. The van der Waals surface area contributed by atoms with Crippen molar-refractivity contribution in [2.75, 3.05) is 30.5 Å². The average Bonchev–Trinajstić information content (AvgIpc) is 2.92. The van der Waals surface area contributed by atoms with Gasteiger partial charge in [0.15, 0.2) is 6.61 Å². The predicted molar refractivity (Wildman–Crippen MR) is 141 cm³/mol. The van der Waals surface area contributed by atoms with Gasteiger partial charge in [0.25, 0.3) is 5.91 Å². The second-order valence-corrected chi connectivity index (χ2v) is 8.39. The highest BCUT2D eigenvalue weighted by Crippen LogP contribution is 2.13. The predicted octanol–water partition coefficient (Wildman–Crippen LogP) is 4.50. The Morgan fingerprint density at radius 3 is 1.66 bits per heavy atom. The Labute approximate surface area is 222 Å². The van der Waals surface area contributed by atoms with Crippen molar-refractivity contribution in [2.24, 2.45) is 0 Å². The van der Waals surface area contributed by atoms with Crippen LogP contribution in [0.3, 0.4) is 0 Å². The molecule has 0 saturated carbocycles. The summed E-state index contributed by atoms with van der Waals surface area (Å²) in [4.78, 5) is 59.9. The van der Waals surface area contributed by atoms with Crippen molar-refractivity contribution >= 4 is 41.1 Å². The van der Waals surface area contributed by atoms with Crippen molar-refractivity contribution in [2.45, 2.75) is 52.4 Å². The molecule has 0 radical (unpaired) electrons. The molecular formula is C28H34N2O8. The van der Waals surface area contributed by atoms with Crippen LogP contribution >= 0.6 is 0 Å². The van der Waals surface area contributed by atoms with Crippen LogP contribution in [0.15, 0.2) is 48.5 Å². The Bertz CT molecular complexity index is 1080. The minimum atomic E-state index is -0.703. The fourth-order valence-electron chi connectivity index (χ4n) is 3.11. The van der Waals surface area contributed by atoms with Crippen molar-refractivity contribution in [3.05, 3.63) is 59.7 Å². The number of anilines is 2. The van der Waals surface area contributed by atoms with Gasteiger partial charge in [-0.1, -0.05) is 26.7 Å². The molecule has 2 aromatic carbocycles. The zero-order valence-corrected chi connectivity index (χ0v) is 21.7. The number of carbonyl (C=O) groups is 5. The third kappa shape index (κ3) is 11.2. The quantitative estimate of drug-likeness (QED) is 0.197. The normalized spacial score (nSPS) is 10.3. The maximum atomic E-state index is 12.1. The topological polar surface area (TPSA) is 137 Å². The third-order valence-electron chi connectivity index (χ3n) is 5.15. The first-order chi connectivity index (χ1) is 18.3. The summed E-state index contributed by atoms with van der Waals surface area (Å²) < 4.78 is 15.1. The van der Waals surface area contributed by atoms with Gasteiger partial charge in [-0.2, -0.15) is 0 Å². The van der Waals surface area contributed by atoms with Crippen LogP contribution in [0.4, 0.5) is 11.4 Å². The molecule has 0 aliphatic heterocycles. The van der Waals surface area contributed by atoms with E-state index >= 15 is 0 Å². The van der Waals surface area contributed by atoms with E-state index in [1.54, 1.807) is 24.3 Å². The number of benzene rings is 2. The number of rotatable bonds is 15. The first-order valence-electron chi connectivity index (χ1n) is 12.6. The van der Waals surface area contributed by atoms with Gasteiger partial charge in [0.2, 0.25) is 5.91 Å². The monoisotopic (exact) mass is 526 g/mol. The summed E-state index contributed by atoms with van der Waals surface area (Å²) in [5, 5.41) is 5.19. The van der Waals surface area contributed by atoms with Gasteiger partial charge in [-0.25, -0.2) is 9.59 Å². The molecule has 0 aromatic heterocycles. The highest BCUT2D eigenvalue weighted by Gasteiger charge is 2.13. The maximum Gasteiger partial charge on any atom is 0.338 e. The fraction of sp³-hybridized carbons (Fsp3) is 0.393. The third-order valence-corrected chi connectivity index (χ3v) is 5.15. The van der Waals surface area contributed by atoms with Gasteiger partial charge in [-0.15, -0.1) is 0 Å². The van der Waals surface area contributed by atoms with Gasteiger partial charge >= 0.3 is 17.9 Å². The molecule has 0 bridgehead atoms. The van der Waals surface area contributed by atoms with Gasteiger partial charge < -0.3 is 24.8 Å². The average molecular weight is 527 g/mol. The Hall–Kier alpha value is -4.21. The molecule has 38 heavy (non-hydrogen) atoms. The van der Waals surface area contributed by atoms with E-state index in [-0.39, 0.29) is 12.8 Å². The lowest BCUT2D eigenvalue weighted by Crippen LogP contribution is -2.21. The molecule has 10 nitrogen and oxygen atoms in total. The minimum absolute atomic E-state index is 0.142. The molecule has 10 heteroatoms. The van der Waals surface area contributed by atoms with E-state index < -0.39 is 36.3 Å². The number of esters is 3. The molecule has 0 unspecified atom stereocenters. The summed E-state index contributed by atoms with van der Waals surface area (Å²) in [5.74, 6) is -2.55. The lowest BCUT2D eigenvalue weighted by atomic mass is 10.2. The Kier molecular flexibility index (Phi) is 13.0. The Morgan fingerprint density at radius 1 is 0.605 bits per heavy atom. The highest BCUT2D eigenvalue weighted by molar-refractivity contribution is 5.96. The Balaban J connectivity index is 1.66. The molecule has 0 aliphatic rings. The molecule has 0 heterocycles. The van der Waals surface area contributed by atoms with Crippen LogP contribution in [0.5, 0.6) is 0 Å². The van der Waals surface area contributed by atoms with Crippen molar-refractivity contribution in [3.8, 4) is 0 Å². The van der Waals surface area contributed by atoms with Crippen molar-refractivity contribution in [1.29, 1.82) is 0 Å². The first-order valence-corrected chi connectivity index (χ1v) is 12.6. The summed E-state index contributed by atoms with van der Waals surface area (Å²) in [7, 11) is 0. The van der Waals surface area contributed by atoms with Crippen molar-refractivity contribution in [3.63, 3.8) is 0 Å². The number of nitrogens with one attached hydrogen (secondary N) is 2. The fourth-order valence-corrected chi connectivity index (χ4v) is 3.11. The van der Waals surface area contributed by atoms with E-state index in [4.69, 9.17) is 14.2 Å². The molecular weight excluding hydrogens is 492 g/mol. The molecule has 2 rings (SSSR count).